The summed E-state index contributed by atoms with van der Waals surface area (Å²) in [5, 5.41) is 10.00. The van der Waals surface area contributed by atoms with Crippen molar-refractivity contribution in [2.75, 3.05) is 0 Å². The lowest BCUT2D eigenvalue weighted by atomic mass is 10.0. The Morgan fingerprint density at radius 1 is 0.297 bits per heavy atom. The summed E-state index contributed by atoms with van der Waals surface area (Å²) in [6.07, 6.45) is 9.97. The number of benzene rings is 9. The highest BCUT2D eigenvalue weighted by molar-refractivity contribution is 6.20. The maximum absolute atomic E-state index is 2.56. The lowest BCUT2D eigenvalue weighted by Gasteiger charge is -2.18. The van der Waals surface area contributed by atoms with Gasteiger partial charge >= 0.3 is 0 Å². The second-order valence-electron chi connectivity index (χ2n) is 17.3. The van der Waals surface area contributed by atoms with Gasteiger partial charge in [0.15, 0.2) is 0 Å². The van der Waals surface area contributed by atoms with E-state index in [1.165, 1.54) is 98.4 Å². The first kappa shape index (κ1) is 35.3. The van der Waals surface area contributed by atoms with Crippen molar-refractivity contribution in [3.05, 3.63) is 224 Å². The van der Waals surface area contributed by atoms with Gasteiger partial charge in [-0.15, -0.1) is 0 Å². The van der Waals surface area contributed by atoms with Gasteiger partial charge in [0, 0.05) is 65.7 Å². The van der Waals surface area contributed by atoms with Gasteiger partial charge in [-0.25, -0.2) is 0 Å². The second-order valence-corrected chi connectivity index (χ2v) is 17.3. The van der Waals surface area contributed by atoms with Crippen LogP contribution < -0.4 is 0 Å². The van der Waals surface area contributed by atoms with Crippen LogP contribution in [0.25, 0.3) is 115 Å². The maximum atomic E-state index is 2.56. The molecule has 9 aromatic carbocycles. The van der Waals surface area contributed by atoms with E-state index < -0.39 is 0 Å². The van der Waals surface area contributed by atoms with Crippen molar-refractivity contribution in [3.8, 4) is 28.2 Å². The molecule has 1 aliphatic carbocycles. The molecule has 0 fully saturated rings. The van der Waals surface area contributed by atoms with E-state index in [1.54, 1.807) is 0 Å². The van der Waals surface area contributed by atoms with E-state index in [0.29, 0.717) is 0 Å². The van der Waals surface area contributed by atoms with E-state index >= 15 is 0 Å². The molecule has 1 unspecified atom stereocenters. The Kier molecular flexibility index (Phi) is 7.48. The summed E-state index contributed by atoms with van der Waals surface area (Å²) >= 11 is 0. The molecule has 0 bridgehead atoms. The monoisotopic (exact) mass is 816 g/mol. The van der Waals surface area contributed by atoms with Gasteiger partial charge in [-0.3, -0.25) is 0 Å². The molecule has 0 radical (unpaired) electrons. The number of nitrogens with zero attached hydrogens (tertiary/aromatic N) is 4. The smallest absolute Gasteiger partial charge is 0.0560 e. The van der Waals surface area contributed by atoms with Crippen LogP contribution in [0.15, 0.2) is 224 Å². The number of rotatable bonds is 5. The zero-order valence-corrected chi connectivity index (χ0v) is 34.9. The molecule has 0 spiro atoms. The average Bonchev–Trinajstić information content (AvgIpc) is 4.08. The minimum absolute atomic E-state index is 0.255. The first-order chi connectivity index (χ1) is 31.8. The van der Waals surface area contributed by atoms with E-state index in [-0.39, 0.29) is 6.04 Å². The van der Waals surface area contributed by atoms with Crippen LogP contribution >= 0.6 is 0 Å². The third kappa shape index (κ3) is 5.05. The highest BCUT2D eigenvalue weighted by Crippen LogP contribution is 2.44. The van der Waals surface area contributed by atoms with E-state index in [0.717, 1.165) is 23.5 Å². The minimum Gasteiger partial charge on any atom is -0.333 e. The molecule has 4 heteroatoms. The number of para-hydroxylation sites is 5. The van der Waals surface area contributed by atoms with Crippen LogP contribution in [0.2, 0.25) is 0 Å². The van der Waals surface area contributed by atoms with Crippen molar-refractivity contribution in [2.45, 2.75) is 12.5 Å². The molecule has 4 nitrogen and oxygen atoms in total. The molecular formula is C60H40N4. The van der Waals surface area contributed by atoms with Crippen LogP contribution in [0.1, 0.15) is 12.5 Å². The zero-order valence-electron chi connectivity index (χ0n) is 34.9. The summed E-state index contributed by atoms with van der Waals surface area (Å²) in [7, 11) is 0. The van der Waals surface area contributed by atoms with Crippen LogP contribution in [0.3, 0.4) is 0 Å². The SMILES string of the molecule is C1=CCC(n2c3ccccc3c3cc4c(cc32)c2ccccc2n4-c2cc(-c3ccccc3)cc(-n3c4ccccc4c4cc5c(cc43)c3ccccc3n5-c3ccccc3)c2)C=C1. The summed E-state index contributed by atoms with van der Waals surface area (Å²) < 4.78 is 9.99. The van der Waals surface area contributed by atoms with Crippen molar-refractivity contribution in [1.82, 2.24) is 18.3 Å². The van der Waals surface area contributed by atoms with Crippen LogP contribution in [0.4, 0.5) is 0 Å². The van der Waals surface area contributed by atoms with Crippen molar-refractivity contribution in [1.29, 1.82) is 0 Å². The fourth-order valence-corrected chi connectivity index (χ4v) is 11.1. The first-order valence-electron chi connectivity index (χ1n) is 22.3. The summed E-state index contributed by atoms with van der Waals surface area (Å²) in [4.78, 5) is 0. The minimum atomic E-state index is 0.255. The number of aromatic nitrogens is 4. The molecule has 0 saturated heterocycles. The number of allylic oxidation sites excluding steroid dienone is 4. The van der Waals surface area contributed by atoms with Crippen LogP contribution in [0, 0.1) is 0 Å². The van der Waals surface area contributed by atoms with Gasteiger partial charge in [-0.2, -0.15) is 0 Å². The van der Waals surface area contributed by atoms with E-state index in [4.69, 9.17) is 0 Å². The van der Waals surface area contributed by atoms with E-state index in [9.17, 15) is 0 Å². The lowest BCUT2D eigenvalue weighted by molar-refractivity contribution is 0.648. The standard InChI is InChI=1S/C60H40N4/c1-4-18-39(19-5-1)40-32-43(63-55-30-16-12-26-47(55)51-35-57-49(37-59(51)63)45-24-10-14-28-53(45)61(57)41-20-6-2-7-21-41)34-44(33-40)64-56-31-17-13-27-48(56)52-36-58-50(38-60(52)64)46-25-11-15-29-54(46)62(58)42-22-8-3-9-23-42/h1-22,24-38,42H,23H2. The number of fused-ring (bicyclic) bond motifs is 12. The van der Waals surface area contributed by atoms with Gasteiger partial charge in [0.05, 0.1) is 44.7 Å². The summed E-state index contributed by atoms with van der Waals surface area (Å²) in [6, 6.07) is 74.4. The largest absolute Gasteiger partial charge is 0.333 e. The molecule has 14 rings (SSSR count). The Balaban J connectivity index is 1.08. The molecule has 1 aliphatic rings. The molecule has 13 aromatic rings. The average molecular weight is 817 g/mol. The summed E-state index contributed by atoms with van der Waals surface area (Å²) in [5.41, 5.74) is 15.5. The molecular weight excluding hydrogens is 777 g/mol. The number of hydrogen-bond donors (Lipinski definition) is 0. The van der Waals surface area contributed by atoms with E-state index in [1.807, 2.05) is 0 Å². The van der Waals surface area contributed by atoms with Gasteiger partial charge in [0.2, 0.25) is 0 Å². The van der Waals surface area contributed by atoms with Crippen LogP contribution in [-0.4, -0.2) is 18.3 Å². The normalized spacial score (nSPS) is 14.2. The molecule has 0 N–H and O–H groups in total. The molecule has 0 saturated carbocycles. The fourth-order valence-electron chi connectivity index (χ4n) is 11.1. The Morgan fingerprint density at radius 3 is 1.23 bits per heavy atom. The Morgan fingerprint density at radius 2 is 0.719 bits per heavy atom. The van der Waals surface area contributed by atoms with Gasteiger partial charge < -0.3 is 18.3 Å². The topological polar surface area (TPSA) is 19.7 Å². The molecule has 0 amide bonds. The second kappa shape index (κ2) is 13.6. The summed E-state index contributed by atoms with van der Waals surface area (Å²) in [5.74, 6) is 0. The van der Waals surface area contributed by atoms with Crippen LogP contribution in [0.5, 0.6) is 0 Å². The Labute approximate surface area is 369 Å². The predicted octanol–water partition coefficient (Wildman–Crippen LogP) is 15.8. The highest BCUT2D eigenvalue weighted by Gasteiger charge is 2.23. The molecule has 0 aliphatic heterocycles. The maximum Gasteiger partial charge on any atom is 0.0560 e. The molecule has 64 heavy (non-hydrogen) atoms. The predicted molar refractivity (Wildman–Crippen MR) is 270 cm³/mol. The van der Waals surface area contributed by atoms with Gasteiger partial charge in [0.1, 0.15) is 0 Å². The molecule has 4 heterocycles. The zero-order chi connectivity index (χ0) is 41.9. The van der Waals surface area contributed by atoms with Gasteiger partial charge in [-0.05, 0) is 96.4 Å². The highest BCUT2D eigenvalue weighted by atomic mass is 15.0. The quantitative estimate of drug-likeness (QED) is 0.165. The summed E-state index contributed by atoms with van der Waals surface area (Å²) in [6.45, 7) is 0. The third-order valence-corrected chi connectivity index (χ3v) is 13.8. The van der Waals surface area contributed by atoms with Crippen molar-refractivity contribution in [3.63, 3.8) is 0 Å². The molecule has 1 atom stereocenters. The van der Waals surface area contributed by atoms with Gasteiger partial charge in [0.25, 0.3) is 0 Å². The van der Waals surface area contributed by atoms with Crippen molar-refractivity contribution >= 4 is 87.2 Å². The van der Waals surface area contributed by atoms with Crippen molar-refractivity contribution < 1.29 is 0 Å². The van der Waals surface area contributed by atoms with Gasteiger partial charge in [-0.1, -0.05) is 146 Å². The Bertz CT molecular complexity index is 4100. The van der Waals surface area contributed by atoms with E-state index in [2.05, 4.69) is 243 Å². The number of hydrogen-bond acceptors (Lipinski definition) is 0. The lowest BCUT2D eigenvalue weighted by Crippen LogP contribution is -2.06. The Hall–Kier alpha value is -8.34. The molecule has 4 aromatic heterocycles. The molecule has 300 valence electrons. The first-order valence-corrected chi connectivity index (χ1v) is 22.3. The van der Waals surface area contributed by atoms with Crippen molar-refractivity contribution in [2.24, 2.45) is 0 Å². The fraction of sp³-hybridized carbons (Fsp3) is 0.0333. The van der Waals surface area contributed by atoms with Crippen LogP contribution in [-0.2, 0) is 0 Å². The third-order valence-electron chi connectivity index (χ3n) is 13.8.